The van der Waals surface area contributed by atoms with Crippen LogP contribution in [0.1, 0.15) is 26.7 Å². The van der Waals surface area contributed by atoms with Gasteiger partial charge in [-0.1, -0.05) is 0 Å². The number of aliphatic hydroxyl groups excluding tert-OH is 1. The highest BCUT2D eigenvalue weighted by atomic mass is 16.5. The molecule has 15 heavy (non-hydrogen) atoms. The summed E-state index contributed by atoms with van der Waals surface area (Å²) in [7, 11) is 0. The second-order valence-electron chi connectivity index (χ2n) is 4.37. The van der Waals surface area contributed by atoms with E-state index in [0.29, 0.717) is 19.6 Å². The van der Waals surface area contributed by atoms with Crippen LogP contribution in [0.3, 0.4) is 0 Å². The number of carbonyl (C=O) groups is 1. The lowest BCUT2D eigenvalue weighted by molar-refractivity contribution is -0.127. The number of nitrogens with zero attached hydrogens (tertiary/aromatic N) is 1. The first kappa shape index (κ1) is 12.5. The summed E-state index contributed by atoms with van der Waals surface area (Å²) in [5.41, 5.74) is 0. The predicted molar refractivity (Wildman–Crippen MR) is 57.5 cm³/mol. The molecule has 1 aliphatic rings. The molecular formula is C11H21NO3. The standard InChI is InChI=1S/C11H21NO3/c1-9(2)15-5-3-4-12-7-10(8-13)6-11(12)14/h9-10,13H,3-8H2,1-2H3. The fourth-order valence-corrected chi connectivity index (χ4v) is 1.77. The van der Waals surface area contributed by atoms with Crippen molar-refractivity contribution in [2.45, 2.75) is 32.8 Å². The lowest BCUT2D eigenvalue weighted by Gasteiger charge is -2.16. The van der Waals surface area contributed by atoms with E-state index in [9.17, 15) is 4.79 Å². The zero-order valence-corrected chi connectivity index (χ0v) is 9.61. The molecule has 4 heteroatoms. The minimum Gasteiger partial charge on any atom is -0.396 e. The minimum absolute atomic E-state index is 0.116. The van der Waals surface area contributed by atoms with Crippen LogP contribution < -0.4 is 0 Å². The molecule has 88 valence electrons. The molecule has 1 aliphatic heterocycles. The summed E-state index contributed by atoms with van der Waals surface area (Å²) in [4.78, 5) is 13.3. The van der Waals surface area contributed by atoms with Crippen molar-refractivity contribution in [2.75, 3.05) is 26.3 Å². The van der Waals surface area contributed by atoms with Crippen LogP contribution in [0.2, 0.25) is 0 Å². The average Bonchev–Trinajstić information content (AvgIpc) is 2.54. The minimum atomic E-state index is 0.116. The lowest BCUT2D eigenvalue weighted by atomic mass is 10.1. The third-order valence-electron chi connectivity index (χ3n) is 2.58. The molecule has 1 unspecified atom stereocenters. The molecule has 1 amide bonds. The van der Waals surface area contributed by atoms with E-state index >= 15 is 0 Å². The van der Waals surface area contributed by atoms with Crippen LogP contribution in [-0.4, -0.2) is 48.3 Å². The van der Waals surface area contributed by atoms with Gasteiger partial charge in [-0.05, 0) is 20.3 Å². The highest BCUT2D eigenvalue weighted by molar-refractivity contribution is 5.78. The zero-order chi connectivity index (χ0) is 11.3. The summed E-state index contributed by atoms with van der Waals surface area (Å²) in [6, 6.07) is 0. The third kappa shape index (κ3) is 4.18. The Bertz CT molecular complexity index is 206. The SMILES string of the molecule is CC(C)OCCCN1CC(CO)CC1=O. The van der Waals surface area contributed by atoms with Crippen molar-refractivity contribution in [1.29, 1.82) is 0 Å². The molecule has 1 rings (SSSR count). The highest BCUT2D eigenvalue weighted by Crippen LogP contribution is 2.16. The van der Waals surface area contributed by atoms with Gasteiger partial charge < -0.3 is 14.7 Å². The molecule has 0 saturated carbocycles. The fourth-order valence-electron chi connectivity index (χ4n) is 1.77. The quantitative estimate of drug-likeness (QED) is 0.662. The molecule has 4 nitrogen and oxygen atoms in total. The summed E-state index contributed by atoms with van der Waals surface area (Å²) < 4.78 is 5.40. The van der Waals surface area contributed by atoms with Crippen molar-refractivity contribution in [3.8, 4) is 0 Å². The second kappa shape index (κ2) is 6.08. The molecule has 0 aromatic heterocycles. The van der Waals surface area contributed by atoms with E-state index in [0.717, 1.165) is 13.0 Å². The van der Waals surface area contributed by atoms with E-state index in [1.165, 1.54) is 0 Å². The molecule has 1 atom stereocenters. The molecule has 1 heterocycles. The summed E-state index contributed by atoms with van der Waals surface area (Å²) in [6.45, 7) is 6.28. The first-order valence-corrected chi connectivity index (χ1v) is 5.63. The van der Waals surface area contributed by atoms with Gasteiger partial charge in [0, 0.05) is 38.6 Å². The maximum atomic E-state index is 11.4. The van der Waals surface area contributed by atoms with Crippen molar-refractivity contribution < 1.29 is 14.6 Å². The van der Waals surface area contributed by atoms with Crippen molar-refractivity contribution in [1.82, 2.24) is 4.90 Å². The van der Waals surface area contributed by atoms with Crippen molar-refractivity contribution in [3.05, 3.63) is 0 Å². The Morgan fingerprint density at radius 1 is 1.60 bits per heavy atom. The number of hydrogen-bond donors (Lipinski definition) is 1. The van der Waals surface area contributed by atoms with Crippen LogP contribution in [0.15, 0.2) is 0 Å². The average molecular weight is 215 g/mol. The van der Waals surface area contributed by atoms with Gasteiger partial charge in [-0.25, -0.2) is 0 Å². The molecule has 0 aromatic carbocycles. The number of hydrogen-bond acceptors (Lipinski definition) is 3. The molecule has 1 saturated heterocycles. The summed E-state index contributed by atoms with van der Waals surface area (Å²) in [5, 5.41) is 8.94. The van der Waals surface area contributed by atoms with Crippen molar-refractivity contribution in [3.63, 3.8) is 0 Å². The largest absolute Gasteiger partial charge is 0.396 e. The van der Waals surface area contributed by atoms with E-state index in [4.69, 9.17) is 9.84 Å². The smallest absolute Gasteiger partial charge is 0.223 e. The maximum Gasteiger partial charge on any atom is 0.223 e. The second-order valence-corrected chi connectivity index (χ2v) is 4.37. The lowest BCUT2D eigenvalue weighted by Crippen LogP contribution is -2.27. The Labute approximate surface area is 91.2 Å². The first-order chi connectivity index (χ1) is 7.13. The van der Waals surface area contributed by atoms with Gasteiger partial charge in [-0.3, -0.25) is 4.79 Å². The van der Waals surface area contributed by atoms with E-state index in [-0.39, 0.29) is 24.5 Å². The van der Waals surface area contributed by atoms with E-state index in [1.807, 2.05) is 18.7 Å². The highest BCUT2D eigenvalue weighted by Gasteiger charge is 2.28. The molecule has 1 fully saturated rings. The number of rotatable bonds is 6. The number of carbonyl (C=O) groups excluding carboxylic acids is 1. The maximum absolute atomic E-state index is 11.4. The van der Waals surface area contributed by atoms with E-state index in [2.05, 4.69) is 0 Å². The van der Waals surface area contributed by atoms with E-state index in [1.54, 1.807) is 0 Å². The van der Waals surface area contributed by atoms with Crippen molar-refractivity contribution in [2.24, 2.45) is 5.92 Å². The summed E-state index contributed by atoms with van der Waals surface area (Å²) in [6.07, 6.45) is 1.63. The fraction of sp³-hybridized carbons (Fsp3) is 0.909. The Kier molecular flexibility index (Phi) is 5.05. The van der Waals surface area contributed by atoms with Crippen LogP contribution in [0.5, 0.6) is 0 Å². The van der Waals surface area contributed by atoms with Crippen LogP contribution >= 0.6 is 0 Å². The van der Waals surface area contributed by atoms with Crippen molar-refractivity contribution >= 4 is 5.91 Å². The Balaban J connectivity index is 2.14. The van der Waals surface area contributed by atoms with E-state index < -0.39 is 0 Å². The van der Waals surface area contributed by atoms with Gasteiger partial charge in [0.05, 0.1) is 6.10 Å². The normalized spacial score (nSPS) is 21.7. The molecule has 0 bridgehead atoms. The van der Waals surface area contributed by atoms with Gasteiger partial charge in [-0.15, -0.1) is 0 Å². The van der Waals surface area contributed by atoms with Gasteiger partial charge in [0.15, 0.2) is 0 Å². The molecular weight excluding hydrogens is 194 g/mol. The molecule has 0 spiro atoms. The van der Waals surface area contributed by atoms with Crippen LogP contribution in [0.25, 0.3) is 0 Å². The molecule has 1 N–H and O–H groups in total. The number of likely N-dealkylation sites (tertiary alicyclic amines) is 1. The zero-order valence-electron chi connectivity index (χ0n) is 9.61. The van der Waals surface area contributed by atoms with Gasteiger partial charge in [0.1, 0.15) is 0 Å². The number of ether oxygens (including phenoxy) is 1. The predicted octanol–water partition coefficient (Wildman–Crippen LogP) is 0.642. The van der Waals surface area contributed by atoms with Crippen LogP contribution in [0, 0.1) is 5.92 Å². The van der Waals surface area contributed by atoms with Crippen LogP contribution in [-0.2, 0) is 9.53 Å². The third-order valence-corrected chi connectivity index (χ3v) is 2.58. The topological polar surface area (TPSA) is 49.8 Å². The van der Waals surface area contributed by atoms with Gasteiger partial charge in [0.25, 0.3) is 0 Å². The molecule has 0 radical (unpaired) electrons. The Hall–Kier alpha value is -0.610. The monoisotopic (exact) mass is 215 g/mol. The molecule has 0 aromatic rings. The number of aliphatic hydroxyl groups is 1. The summed E-state index contributed by atoms with van der Waals surface area (Å²) >= 11 is 0. The van der Waals surface area contributed by atoms with Gasteiger partial charge >= 0.3 is 0 Å². The molecule has 0 aliphatic carbocycles. The Morgan fingerprint density at radius 3 is 2.87 bits per heavy atom. The van der Waals surface area contributed by atoms with Gasteiger partial charge in [-0.2, -0.15) is 0 Å². The summed E-state index contributed by atoms with van der Waals surface area (Å²) in [5.74, 6) is 0.308. The van der Waals surface area contributed by atoms with Crippen LogP contribution in [0.4, 0.5) is 0 Å². The van der Waals surface area contributed by atoms with Gasteiger partial charge in [0.2, 0.25) is 5.91 Å². The Morgan fingerprint density at radius 2 is 2.33 bits per heavy atom. The first-order valence-electron chi connectivity index (χ1n) is 5.63. The number of amides is 1.